The molecule has 2 nitrogen and oxygen atoms in total. The van der Waals surface area contributed by atoms with Crippen molar-refractivity contribution >= 4 is 0 Å². The molecule has 1 aromatic heterocycles. The Labute approximate surface area is 92.9 Å². The molecule has 0 saturated heterocycles. The maximum Gasteiger partial charge on any atom is 0.0375 e. The Kier molecular flexibility index (Phi) is 4.76. The molecule has 84 valence electrons. The zero-order valence-corrected chi connectivity index (χ0v) is 10.0. The molecule has 1 aromatic rings. The van der Waals surface area contributed by atoms with Crippen LogP contribution >= 0.6 is 0 Å². The number of rotatable bonds is 5. The van der Waals surface area contributed by atoms with E-state index in [1.54, 1.807) is 0 Å². The molecule has 0 radical (unpaired) electrons. The number of aromatic nitrogens is 1. The Morgan fingerprint density at radius 2 is 2.20 bits per heavy atom. The molecule has 0 aliphatic heterocycles. The summed E-state index contributed by atoms with van der Waals surface area (Å²) in [6, 6.07) is 4.27. The first kappa shape index (κ1) is 12.2. The van der Waals surface area contributed by atoms with E-state index in [1.807, 2.05) is 19.2 Å². The highest BCUT2D eigenvalue weighted by Crippen LogP contribution is 2.21. The average molecular weight is 206 g/mol. The lowest BCUT2D eigenvalue weighted by atomic mass is 9.94. The molecular weight excluding hydrogens is 184 g/mol. The van der Waals surface area contributed by atoms with E-state index < -0.39 is 0 Å². The molecule has 15 heavy (non-hydrogen) atoms. The number of nitrogens with zero attached hydrogens (tertiary/aromatic N) is 1. The van der Waals surface area contributed by atoms with Gasteiger partial charge >= 0.3 is 0 Å². The van der Waals surface area contributed by atoms with Crippen molar-refractivity contribution in [3.05, 3.63) is 29.6 Å². The van der Waals surface area contributed by atoms with Crippen molar-refractivity contribution < 1.29 is 0 Å². The Balaban J connectivity index is 2.56. The van der Waals surface area contributed by atoms with Crippen LogP contribution in [0.4, 0.5) is 0 Å². The van der Waals surface area contributed by atoms with E-state index in [2.05, 4.69) is 24.9 Å². The molecule has 2 heteroatoms. The molecule has 0 bridgehead atoms. The molecule has 1 rings (SSSR count). The second-order valence-electron chi connectivity index (χ2n) is 4.47. The van der Waals surface area contributed by atoms with Gasteiger partial charge in [-0.3, -0.25) is 4.98 Å². The van der Waals surface area contributed by atoms with Crippen molar-refractivity contribution in [2.75, 3.05) is 0 Å². The molecule has 2 atom stereocenters. The van der Waals surface area contributed by atoms with Crippen LogP contribution < -0.4 is 5.73 Å². The zero-order valence-electron chi connectivity index (χ0n) is 10.0. The van der Waals surface area contributed by atoms with E-state index >= 15 is 0 Å². The third-order valence-corrected chi connectivity index (χ3v) is 2.79. The minimum atomic E-state index is 0.160. The van der Waals surface area contributed by atoms with Crippen LogP contribution in [0.15, 0.2) is 18.3 Å². The van der Waals surface area contributed by atoms with Gasteiger partial charge in [-0.05, 0) is 37.0 Å². The predicted octanol–water partition coefficient (Wildman–Crippen LogP) is 3.22. The first-order valence-corrected chi connectivity index (χ1v) is 5.81. The fraction of sp³-hybridized carbons (Fsp3) is 0.615. The molecule has 0 amide bonds. The van der Waals surface area contributed by atoms with Crippen molar-refractivity contribution in [2.45, 2.75) is 46.1 Å². The molecule has 2 N–H and O–H groups in total. The Hall–Kier alpha value is -0.890. The van der Waals surface area contributed by atoms with Crippen molar-refractivity contribution in [2.24, 2.45) is 11.7 Å². The molecule has 0 aliphatic carbocycles. The summed E-state index contributed by atoms with van der Waals surface area (Å²) in [6.45, 7) is 6.50. The average Bonchev–Trinajstić information content (AvgIpc) is 2.18. The van der Waals surface area contributed by atoms with Crippen LogP contribution in [0.5, 0.6) is 0 Å². The number of nitrogens with two attached hydrogens (primary N) is 1. The summed E-state index contributed by atoms with van der Waals surface area (Å²) >= 11 is 0. The van der Waals surface area contributed by atoms with E-state index in [0.717, 1.165) is 12.1 Å². The Morgan fingerprint density at radius 1 is 1.47 bits per heavy atom. The van der Waals surface area contributed by atoms with Gasteiger partial charge in [0.25, 0.3) is 0 Å². The van der Waals surface area contributed by atoms with Gasteiger partial charge in [-0.1, -0.05) is 26.7 Å². The van der Waals surface area contributed by atoms with E-state index in [-0.39, 0.29) is 6.04 Å². The van der Waals surface area contributed by atoms with Gasteiger partial charge in [0.2, 0.25) is 0 Å². The fourth-order valence-corrected chi connectivity index (χ4v) is 1.98. The van der Waals surface area contributed by atoms with Crippen LogP contribution in [0.25, 0.3) is 0 Å². The summed E-state index contributed by atoms with van der Waals surface area (Å²) in [7, 11) is 0. The largest absolute Gasteiger partial charge is 0.324 e. The summed E-state index contributed by atoms with van der Waals surface area (Å²) in [6.07, 6.45) is 5.41. The zero-order chi connectivity index (χ0) is 11.3. The molecule has 2 unspecified atom stereocenters. The summed E-state index contributed by atoms with van der Waals surface area (Å²) in [5.41, 5.74) is 8.43. The second-order valence-corrected chi connectivity index (χ2v) is 4.47. The highest BCUT2D eigenvalue weighted by Gasteiger charge is 2.10. The van der Waals surface area contributed by atoms with Crippen LogP contribution in [-0.4, -0.2) is 4.98 Å². The van der Waals surface area contributed by atoms with E-state index in [1.165, 1.54) is 18.4 Å². The predicted molar refractivity (Wildman–Crippen MR) is 64.6 cm³/mol. The first-order valence-electron chi connectivity index (χ1n) is 5.81. The van der Waals surface area contributed by atoms with Gasteiger partial charge in [0.05, 0.1) is 0 Å². The molecular formula is C13H22N2. The lowest BCUT2D eigenvalue weighted by Gasteiger charge is -2.17. The lowest BCUT2D eigenvalue weighted by Crippen LogP contribution is -2.14. The van der Waals surface area contributed by atoms with Gasteiger partial charge in [-0.25, -0.2) is 0 Å². The van der Waals surface area contributed by atoms with Gasteiger partial charge in [0.15, 0.2) is 0 Å². The number of hydrogen-bond acceptors (Lipinski definition) is 2. The van der Waals surface area contributed by atoms with Crippen molar-refractivity contribution in [3.63, 3.8) is 0 Å². The SMILES string of the molecule is CCCC(C)CC(N)c1ccnc(C)c1. The van der Waals surface area contributed by atoms with E-state index in [4.69, 9.17) is 5.73 Å². The first-order chi connectivity index (χ1) is 7.13. The molecule has 0 aromatic carbocycles. The topological polar surface area (TPSA) is 38.9 Å². The summed E-state index contributed by atoms with van der Waals surface area (Å²) in [5, 5.41) is 0. The normalized spacial score (nSPS) is 14.9. The second kappa shape index (κ2) is 5.86. The van der Waals surface area contributed by atoms with Gasteiger partial charge in [0.1, 0.15) is 0 Å². The van der Waals surface area contributed by atoms with Crippen LogP contribution in [0.2, 0.25) is 0 Å². The van der Waals surface area contributed by atoms with Gasteiger partial charge in [-0.2, -0.15) is 0 Å². The van der Waals surface area contributed by atoms with E-state index in [0.29, 0.717) is 5.92 Å². The van der Waals surface area contributed by atoms with E-state index in [9.17, 15) is 0 Å². The molecule has 1 heterocycles. The maximum absolute atomic E-state index is 6.17. The minimum absolute atomic E-state index is 0.160. The quantitative estimate of drug-likeness (QED) is 0.803. The van der Waals surface area contributed by atoms with Gasteiger partial charge < -0.3 is 5.73 Å². The lowest BCUT2D eigenvalue weighted by molar-refractivity contribution is 0.440. The number of aryl methyl sites for hydroxylation is 1. The van der Waals surface area contributed by atoms with Crippen LogP contribution in [0, 0.1) is 12.8 Å². The molecule has 0 saturated carbocycles. The summed E-state index contributed by atoms with van der Waals surface area (Å²) in [4.78, 5) is 4.18. The van der Waals surface area contributed by atoms with Crippen LogP contribution in [0.1, 0.15) is 50.4 Å². The smallest absolute Gasteiger partial charge is 0.0375 e. The minimum Gasteiger partial charge on any atom is -0.324 e. The molecule has 0 spiro atoms. The highest BCUT2D eigenvalue weighted by atomic mass is 14.7. The monoisotopic (exact) mass is 206 g/mol. The highest BCUT2D eigenvalue weighted by molar-refractivity contribution is 5.18. The van der Waals surface area contributed by atoms with Crippen LogP contribution in [0.3, 0.4) is 0 Å². The molecule has 0 aliphatic rings. The fourth-order valence-electron chi connectivity index (χ4n) is 1.98. The van der Waals surface area contributed by atoms with Crippen molar-refractivity contribution in [1.29, 1.82) is 0 Å². The van der Waals surface area contributed by atoms with Crippen LogP contribution in [-0.2, 0) is 0 Å². The molecule has 0 fully saturated rings. The van der Waals surface area contributed by atoms with Crippen molar-refractivity contribution in [1.82, 2.24) is 4.98 Å². The van der Waals surface area contributed by atoms with Gasteiger partial charge in [-0.15, -0.1) is 0 Å². The third-order valence-electron chi connectivity index (χ3n) is 2.79. The standard InChI is InChI=1S/C13H22N2/c1-4-5-10(2)8-13(14)12-6-7-15-11(3)9-12/h6-7,9-10,13H,4-5,8,14H2,1-3H3. The summed E-state index contributed by atoms with van der Waals surface area (Å²) in [5.74, 6) is 0.707. The maximum atomic E-state index is 6.17. The Bertz CT molecular complexity index is 296. The number of pyridine rings is 1. The number of hydrogen-bond donors (Lipinski definition) is 1. The Morgan fingerprint density at radius 3 is 2.80 bits per heavy atom. The summed E-state index contributed by atoms with van der Waals surface area (Å²) < 4.78 is 0. The van der Waals surface area contributed by atoms with Crippen molar-refractivity contribution in [3.8, 4) is 0 Å². The third kappa shape index (κ3) is 4.00. The van der Waals surface area contributed by atoms with Gasteiger partial charge in [0, 0.05) is 17.9 Å².